The molecule has 0 heterocycles. The molecule has 0 spiro atoms. The minimum Gasteiger partial charge on any atom is -0.333 e. The van der Waals surface area contributed by atoms with E-state index in [1.807, 2.05) is 0 Å². The van der Waals surface area contributed by atoms with Gasteiger partial charge >= 0.3 is 6.03 Å². The third-order valence-electron chi connectivity index (χ3n) is 1.02. The monoisotopic (exact) mass is 268 g/mol. The van der Waals surface area contributed by atoms with Crippen LogP contribution in [0.2, 0.25) is 0 Å². The maximum absolute atomic E-state index is 10.9. The lowest BCUT2D eigenvalue weighted by molar-refractivity contribution is -0.119. The number of carbonyl (C=O) groups is 2. The predicted molar refractivity (Wildman–Crippen MR) is 54.9 cm³/mol. The molecule has 0 aliphatic carbocycles. The van der Waals surface area contributed by atoms with Crippen LogP contribution in [0.1, 0.15) is 6.42 Å². The first kappa shape index (κ1) is 12.4. The Morgan fingerprint density at radius 3 is 2.54 bits per heavy atom. The predicted octanol–water partition coefficient (Wildman–Crippen LogP) is 1.35. The molecule has 0 atom stereocenters. The molecule has 0 fully saturated rings. The number of carbonyl (C=O) groups excluding carboxylic acids is 2. The summed E-state index contributed by atoms with van der Waals surface area (Å²) in [6, 6.07) is -0.546. The number of nitrogens with one attached hydrogen (secondary N) is 2. The Morgan fingerprint density at radius 1 is 1.46 bits per heavy atom. The molecule has 0 aromatic rings. The van der Waals surface area contributed by atoms with Crippen molar-refractivity contribution < 1.29 is 9.59 Å². The molecule has 13 heavy (non-hydrogen) atoms. The lowest BCUT2D eigenvalue weighted by Gasteiger charge is -2.04. The highest BCUT2D eigenvalue weighted by Gasteiger charge is 2.05. The number of imide groups is 1. The van der Waals surface area contributed by atoms with Crippen LogP contribution in [0.15, 0.2) is 11.1 Å². The van der Waals surface area contributed by atoms with Gasteiger partial charge < -0.3 is 5.32 Å². The molecule has 4 nitrogen and oxygen atoms in total. The standard InChI is InChI=1S/C7H10BrClN2O2/c1-5(8)4-10-7(13)11-6(12)2-3-9/h1-4H2,(H2,10,11,12,13). The van der Waals surface area contributed by atoms with E-state index in [0.29, 0.717) is 4.48 Å². The molecular weight excluding hydrogens is 259 g/mol. The van der Waals surface area contributed by atoms with Crippen molar-refractivity contribution in [1.82, 2.24) is 10.6 Å². The molecule has 3 amide bonds. The first-order valence-electron chi connectivity index (χ1n) is 3.53. The molecular formula is C7H10BrClN2O2. The summed E-state index contributed by atoms with van der Waals surface area (Å²) < 4.78 is 0.632. The highest BCUT2D eigenvalue weighted by Crippen LogP contribution is 1.96. The van der Waals surface area contributed by atoms with Gasteiger partial charge in [-0.05, 0) is 0 Å². The van der Waals surface area contributed by atoms with E-state index in [0.717, 1.165) is 0 Å². The fourth-order valence-corrected chi connectivity index (χ4v) is 0.807. The second-order valence-corrected chi connectivity index (χ2v) is 3.69. The number of rotatable bonds is 4. The van der Waals surface area contributed by atoms with E-state index in [1.165, 1.54) is 0 Å². The zero-order valence-corrected chi connectivity index (χ0v) is 9.24. The normalized spacial score (nSPS) is 9.08. The summed E-state index contributed by atoms with van der Waals surface area (Å²) >= 11 is 8.35. The van der Waals surface area contributed by atoms with Gasteiger partial charge in [-0.1, -0.05) is 22.5 Å². The largest absolute Gasteiger partial charge is 0.333 e. The number of halogens is 2. The molecule has 0 bridgehead atoms. The highest BCUT2D eigenvalue weighted by molar-refractivity contribution is 9.11. The summed E-state index contributed by atoms with van der Waals surface area (Å²) in [5, 5.41) is 4.51. The molecule has 0 saturated carbocycles. The Bertz CT molecular complexity index is 221. The van der Waals surface area contributed by atoms with Crippen LogP contribution < -0.4 is 10.6 Å². The number of hydrogen-bond acceptors (Lipinski definition) is 2. The van der Waals surface area contributed by atoms with E-state index < -0.39 is 11.9 Å². The van der Waals surface area contributed by atoms with Crippen LogP contribution in [0.4, 0.5) is 4.79 Å². The van der Waals surface area contributed by atoms with Crippen LogP contribution in [-0.4, -0.2) is 24.4 Å². The molecule has 0 radical (unpaired) electrons. The van der Waals surface area contributed by atoms with Crippen LogP contribution >= 0.6 is 27.5 Å². The Balaban J connectivity index is 3.62. The average Bonchev–Trinajstić information content (AvgIpc) is 2.01. The van der Waals surface area contributed by atoms with Crippen LogP contribution in [0.25, 0.3) is 0 Å². The van der Waals surface area contributed by atoms with Crippen molar-refractivity contribution in [2.24, 2.45) is 0 Å². The fraction of sp³-hybridized carbons (Fsp3) is 0.429. The van der Waals surface area contributed by atoms with Crippen molar-refractivity contribution in [1.29, 1.82) is 0 Å². The second-order valence-electron chi connectivity index (χ2n) is 2.19. The molecule has 6 heteroatoms. The van der Waals surface area contributed by atoms with Gasteiger partial charge in [0.05, 0.1) is 6.54 Å². The Kier molecular flexibility index (Phi) is 6.62. The van der Waals surface area contributed by atoms with Crippen LogP contribution in [0, 0.1) is 0 Å². The van der Waals surface area contributed by atoms with Gasteiger partial charge in [-0.15, -0.1) is 11.6 Å². The summed E-state index contributed by atoms with van der Waals surface area (Å²) in [4.78, 5) is 21.7. The topological polar surface area (TPSA) is 58.2 Å². The molecule has 0 aromatic carbocycles. The summed E-state index contributed by atoms with van der Waals surface area (Å²) in [6.45, 7) is 3.79. The summed E-state index contributed by atoms with van der Waals surface area (Å²) in [5.74, 6) is -0.197. The lowest BCUT2D eigenvalue weighted by atomic mass is 10.4. The zero-order valence-electron chi connectivity index (χ0n) is 6.90. The number of urea groups is 1. The molecule has 0 aliphatic heterocycles. The van der Waals surface area contributed by atoms with Gasteiger partial charge in [0.1, 0.15) is 0 Å². The molecule has 0 rings (SSSR count). The van der Waals surface area contributed by atoms with Crippen molar-refractivity contribution in [3.63, 3.8) is 0 Å². The first-order valence-corrected chi connectivity index (χ1v) is 4.86. The molecule has 0 saturated heterocycles. The molecule has 0 unspecified atom stereocenters. The van der Waals surface area contributed by atoms with Gasteiger partial charge in [0, 0.05) is 16.8 Å². The fourth-order valence-electron chi connectivity index (χ4n) is 0.495. The number of hydrogen-bond donors (Lipinski definition) is 2. The minimum atomic E-state index is -0.546. The maximum Gasteiger partial charge on any atom is 0.321 e. The summed E-state index contributed by atoms with van der Waals surface area (Å²) in [6.07, 6.45) is 0.129. The van der Waals surface area contributed by atoms with E-state index >= 15 is 0 Å². The second kappa shape index (κ2) is 6.91. The Morgan fingerprint density at radius 2 is 2.08 bits per heavy atom. The molecule has 0 aromatic heterocycles. The van der Waals surface area contributed by atoms with Crippen molar-refractivity contribution in [3.8, 4) is 0 Å². The highest BCUT2D eigenvalue weighted by atomic mass is 79.9. The van der Waals surface area contributed by atoms with E-state index in [4.69, 9.17) is 11.6 Å². The third-order valence-corrected chi connectivity index (χ3v) is 1.48. The first-order chi connectivity index (χ1) is 6.06. The van der Waals surface area contributed by atoms with Crippen molar-refractivity contribution in [2.45, 2.75) is 6.42 Å². The number of alkyl halides is 1. The smallest absolute Gasteiger partial charge is 0.321 e. The molecule has 74 valence electrons. The third kappa shape index (κ3) is 7.80. The van der Waals surface area contributed by atoms with Crippen LogP contribution in [0.3, 0.4) is 0 Å². The Hall–Kier alpha value is -0.550. The van der Waals surface area contributed by atoms with Crippen molar-refractivity contribution >= 4 is 39.5 Å². The van der Waals surface area contributed by atoms with Gasteiger partial charge in [0.15, 0.2) is 0 Å². The van der Waals surface area contributed by atoms with Crippen LogP contribution in [-0.2, 0) is 4.79 Å². The van der Waals surface area contributed by atoms with Gasteiger partial charge in [-0.2, -0.15) is 0 Å². The lowest BCUT2D eigenvalue weighted by Crippen LogP contribution is -2.39. The zero-order chi connectivity index (χ0) is 10.3. The number of amides is 3. The Labute approximate surface area is 89.8 Å². The minimum absolute atomic E-state index is 0.129. The van der Waals surface area contributed by atoms with Gasteiger partial charge in [-0.25, -0.2) is 4.79 Å². The van der Waals surface area contributed by atoms with E-state index in [-0.39, 0.29) is 18.8 Å². The van der Waals surface area contributed by atoms with E-state index in [1.54, 1.807) is 0 Å². The van der Waals surface area contributed by atoms with Crippen LogP contribution in [0.5, 0.6) is 0 Å². The van der Waals surface area contributed by atoms with E-state index in [2.05, 4.69) is 33.1 Å². The summed E-state index contributed by atoms with van der Waals surface area (Å²) in [7, 11) is 0. The van der Waals surface area contributed by atoms with Crippen molar-refractivity contribution in [2.75, 3.05) is 12.4 Å². The van der Waals surface area contributed by atoms with Gasteiger partial charge in [0.25, 0.3) is 0 Å². The van der Waals surface area contributed by atoms with Gasteiger partial charge in [0.2, 0.25) is 5.91 Å². The quantitative estimate of drug-likeness (QED) is 0.757. The summed E-state index contributed by atoms with van der Waals surface area (Å²) in [5.41, 5.74) is 0. The molecule has 2 N–H and O–H groups in total. The van der Waals surface area contributed by atoms with E-state index in [9.17, 15) is 9.59 Å². The van der Waals surface area contributed by atoms with Crippen molar-refractivity contribution in [3.05, 3.63) is 11.1 Å². The van der Waals surface area contributed by atoms with Gasteiger partial charge in [-0.3, -0.25) is 10.1 Å². The average molecular weight is 270 g/mol. The molecule has 0 aliphatic rings. The maximum atomic E-state index is 10.9. The SMILES string of the molecule is C=C(Br)CNC(=O)NC(=O)CCCl.